The van der Waals surface area contributed by atoms with E-state index in [1.165, 1.54) is 0 Å². The summed E-state index contributed by atoms with van der Waals surface area (Å²) in [5.41, 5.74) is 0. The summed E-state index contributed by atoms with van der Waals surface area (Å²) < 4.78 is 33.7. The second kappa shape index (κ2) is 6.99. The van der Waals surface area contributed by atoms with E-state index in [0.717, 1.165) is 32.4 Å². The highest BCUT2D eigenvalue weighted by Gasteiger charge is 2.33. The van der Waals surface area contributed by atoms with Crippen LogP contribution in [0.25, 0.3) is 0 Å². The van der Waals surface area contributed by atoms with Crippen molar-refractivity contribution in [3.63, 3.8) is 0 Å². The first-order chi connectivity index (χ1) is 9.14. The van der Waals surface area contributed by atoms with Crippen LogP contribution in [-0.4, -0.2) is 70.0 Å². The predicted octanol–water partition coefficient (Wildman–Crippen LogP) is -0.115. The van der Waals surface area contributed by atoms with E-state index in [1.54, 1.807) is 15.7 Å². The third-order valence-corrected chi connectivity index (χ3v) is 5.84. The summed E-state index contributed by atoms with van der Waals surface area (Å²) >= 11 is 0. The molecule has 1 atom stereocenters. The first-order valence-electron chi connectivity index (χ1n) is 7.09. The fourth-order valence-corrected chi connectivity index (χ4v) is 4.59. The molecule has 7 heteroatoms. The Morgan fingerprint density at radius 1 is 1.16 bits per heavy atom. The summed E-state index contributed by atoms with van der Waals surface area (Å²) in [6.45, 7) is 4.74. The summed E-state index contributed by atoms with van der Waals surface area (Å²) in [6, 6.07) is 0. The van der Waals surface area contributed by atoms with Gasteiger partial charge in [0.2, 0.25) is 0 Å². The number of hydrogen-bond donors (Lipinski definition) is 1. The standard InChI is InChI=1S/C12H25N3O3S/c1-18-11-12-4-2-7-15(10-12)19(16,17)14-8-3-5-13-6-9-14/h12-13H,2-11H2,1H3. The monoisotopic (exact) mass is 291 g/mol. The van der Waals surface area contributed by atoms with Gasteiger partial charge in [-0.05, 0) is 31.7 Å². The van der Waals surface area contributed by atoms with Crippen LogP contribution in [0.15, 0.2) is 0 Å². The molecule has 2 fully saturated rings. The van der Waals surface area contributed by atoms with Crippen LogP contribution in [0.5, 0.6) is 0 Å². The highest BCUT2D eigenvalue weighted by molar-refractivity contribution is 7.86. The zero-order valence-electron chi connectivity index (χ0n) is 11.7. The van der Waals surface area contributed by atoms with Crippen LogP contribution in [0, 0.1) is 5.92 Å². The van der Waals surface area contributed by atoms with Crippen molar-refractivity contribution in [1.29, 1.82) is 0 Å². The van der Waals surface area contributed by atoms with Crippen LogP contribution >= 0.6 is 0 Å². The lowest BCUT2D eigenvalue weighted by Gasteiger charge is -2.35. The molecule has 0 amide bonds. The van der Waals surface area contributed by atoms with E-state index in [1.807, 2.05) is 0 Å². The van der Waals surface area contributed by atoms with E-state index in [4.69, 9.17) is 4.74 Å². The fourth-order valence-electron chi connectivity index (χ4n) is 2.82. The van der Waals surface area contributed by atoms with Crippen LogP contribution in [0.3, 0.4) is 0 Å². The Morgan fingerprint density at radius 3 is 2.74 bits per heavy atom. The number of rotatable bonds is 4. The van der Waals surface area contributed by atoms with E-state index in [-0.39, 0.29) is 0 Å². The zero-order chi connectivity index (χ0) is 13.7. The Morgan fingerprint density at radius 2 is 1.95 bits per heavy atom. The van der Waals surface area contributed by atoms with Crippen molar-refractivity contribution in [3.8, 4) is 0 Å². The Bertz CT molecular complexity index is 364. The Labute approximate surface area is 116 Å². The molecule has 19 heavy (non-hydrogen) atoms. The fraction of sp³-hybridized carbons (Fsp3) is 1.00. The van der Waals surface area contributed by atoms with E-state index in [0.29, 0.717) is 38.7 Å². The molecule has 0 bridgehead atoms. The van der Waals surface area contributed by atoms with Gasteiger partial charge in [0.25, 0.3) is 10.2 Å². The lowest BCUT2D eigenvalue weighted by Crippen LogP contribution is -2.49. The number of piperidine rings is 1. The highest BCUT2D eigenvalue weighted by Crippen LogP contribution is 2.21. The molecule has 2 rings (SSSR count). The van der Waals surface area contributed by atoms with Crippen molar-refractivity contribution in [2.24, 2.45) is 5.92 Å². The lowest BCUT2D eigenvalue weighted by molar-refractivity contribution is 0.116. The van der Waals surface area contributed by atoms with Gasteiger partial charge in [-0.1, -0.05) is 0 Å². The van der Waals surface area contributed by atoms with Crippen molar-refractivity contribution < 1.29 is 13.2 Å². The van der Waals surface area contributed by atoms with Crippen LogP contribution < -0.4 is 5.32 Å². The molecule has 1 N–H and O–H groups in total. The highest BCUT2D eigenvalue weighted by atomic mass is 32.2. The van der Waals surface area contributed by atoms with Gasteiger partial charge in [0, 0.05) is 39.8 Å². The van der Waals surface area contributed by atoms with Crippen LogP contribution in [0.4, 0.5) is 0 Å². The van der Waals surface area contributed by atoms with E-state index in [2.05, 4.69) is 5.32 Å². The van der Waals surface area contributed by atoms with Gasteiger partial charge in [0.1, 0.15) is 0 Å². The third kappa shape index (κ3) is 3.88. The number of nitrogens with zero attached hydrogens (tertiary/aromatic N) is 2. The van der Waals surface area contributed by atoms with Gasteiger partial charge < -0.3 is 10.1 Å². The van der Waals surface area contributed by atoms with Crippen molar-refractivity contribution in [2.45, 2.75) is 19.3 Å². The molecule has 0 spiro atoms. The lowest BCUT2D eigenvalue weighted by atomic mass is 10.0. The Kier molecular flexibility index (Phi) is 5.58. The molecule has 0 aromatic rings. The van der Waals surface area contributed by atoms with Crippen LogP contribution in [0.2, 0.25) is 0 Å². The number of nitrogens with one attached hydrogen (secondary N) is 1. The zero-order valence-corrected chi connectivity index (χ0v) is 12.5. The molecule has 0 aromatic carbocycles. The molecule has 2 heterocycles. The summed E-state index contributed by atoms with van der Waals surface area (Å²) in [7, 11) is -1.61. The SMILES string of the molecule is COCC1CCCN(S(=O)(=O)N2CCCNCC2)C1. The van der Waals surface area contributed by atoms with Gasteiger partial charge in [0.15, 0.2) is 0 Å². The Hall–Kier alpha value is -0.210. The number of ether oxygens (including phenoxy) is 1. The van der Waals surface area contributed by atoms with Gasteiger partial charge in [-0.15, -0.1) is 0 Å². The van der Waals surface area contributed by atoms with Crippen molar-refractivity contribution >= 4 is 10.2 Å². The number of hydrogen-bond acceptors (Lipinski definition) is 4. The molecule has 0 radical (unpaired) electrons. The maximum Gasteiger partial charge on any atom is 0.282 e. The smallest absolute Gasteiger partial charge is 0.282 e. The minimum atomic E-state index is -3.29. The van der Waals surface area contributed by atoms with Crippen molar-refractivity contribution in [2.75, 3.05) is 53.0 Å². The molecular weight excluding hydrogens is 266 g/mol. The molecule has 2 aliphatic heterocycles. The number of methoxy groups -OCH3 is 1. The molecule has 112 valence electrons. The summed E-state index contributed by atoms with van der Waals surface area (Å²) in [6.07, 6.45) is 2.87. The van der Waals surface area contributed by atoms with Crippen LogP contribution in [0.1, 0.15) is 19.3 Å². The summed E-state index contributed by atoms with van der Waals surface area (Å²) in [5.74, 6) is 0.332. The normalized spacial score (nSPS) is 28.2. The molecule has 0 saturated carbocycles. The first-order valence-corrected chi connectivity index (χ1v) is 8.49. The molecule has 0 aromatic heterocycles. The predicted molar refractivity (Wildman–Crippen MR) is 74.2 cm³/mol. The first kappa shape index (κ1) is 15.2. The van der Waals surface area contributed by atoms with Gasteiger partial charge in [-0.3, -0.25) is 0 Å². The van der Waals surface area contributed by atoms with Crippen LogP contribution in [-0.2, 0) is 14.9 Å². The minimum Gasteiger partial charge on any atom is -0.384 e. The largest absolute Gasteiger partial charge is 0.384 e. The maximum absolute atomic E-state index is 12.6. The van der Waals surface area contributed by atoms with Gasteiger partial charge in [0.05, 0.1) is 6.61 Å². The van der Waals surface area contributed by atoms with E-state index >= 15 is 0 Å². The molecule has 1 unspecified atom stereocenters. The van der Waals surface area contributed by atoms with E-state index in [9.17, 15) is 8.42 Å². The summed E-state index contributed by atoms with van der Waals surface area (Å²) in [4.78, 5) is 0. The maximum atomic E-state index is 12.6. The van der Waals surface area contributed by atoms with Gasteiger partial charge in [-0.2, -0.15) is 17.0 Å². The average Bonchev–Trinajstić information content (AvgIpc) is 2.69. The topological polar surface area (TPSA) is 61.9 Å². The quantitative estimate of drug-likeness (QED) is 0.785. The van der Waals surface area contributed by atoms with Crippen molar-refractivity contribution in [3.05, 3.63) is 0 Å². The van der Waals surface area contributed by atoms with Gasteiger partial charge >= 0.3 is 0 Å². The Balaban J connectivity index is 2.01. The average molecular weight is 291 g/mol. The van der Waals surface area contributed by atoms with Gasteiger partial charge in [-0.25, -0.2) is 0 Å². The molecule has 2 saturated heterocycles. The molecular formula is C12H25N3O3S. The molecule has 6 nitrogen and oxygen atoms in total. The molecule has 2 aliphatic rings. The second-order valence-electron chi connectivity index (χ2n) is 5.33. The molecule has 0 aliphatic carbocycles. The minimum absolute atomic E-state index is 0.332. The summed E-state index contributed by atoms with van der Waals surface area (Å²) in [5, 5.41) is 3.24. The van der Waals surface area contributed by atoms with Crippen molar-refractivity contribution in [1.82, 2.24) is 13.9 Å². The third-order valence-electron chi connectivity index (χ3n) is 3.84. The van der Waals surface area contributed by atoms with E-state index < -0.39 is 10.2 Å². The second-order valence-corrected chi connectivity index (χ2v) is 7.26.